The first kappa shape index (κ1) is 24.5. The molecule has 0 radical (unpaired) electrons. The van der Waals surface area contributed by atoms with Crippen molar-refractivity contribution in [1.29, 1.82) is 0 Å². The van der Waals surface area contributed by atoms with E-state index in [4.69, 9.17) is 0 Å². The number of aromatic nitrogens is 7. The average molecular weight is 536 g/mol. The van der Waals surface area contributed by atoms with Gasteiger partial charge in [-0.25, -0.2) is 4.98 Å². The second-order valence-corrected chi connectivity index (χ2v) is 9.67. The molecule has 0 atom stereocenters. The number of hydrogen-bond acceptors (Lipinski definition) is 5. The normalized spacial score (nSPS) is 16.9. The summed E-state index contributed by atoms with van der Waals surface area (Å²) in [5.74, 6) is 0.812. The molecule has 0 saturated heterocycles. The summed E-state index contributed by atoms with van der Waals surface area (Å²) in [6.07, 6.45) is -4.47. The second-order valence-electron chi connectivity index (χ2n) is 9.67. The van der Waals surface area contributed by atoms with E-state index >= 15 is 0 Å². The van der Waals surface area contributed by atoms with E-state index in [9.17, 15) is 26.3 Å². The van der Waals surface area contributed by atoms with Crippen molar-refractivity contribution >= 4 is 11.6 Å². The lowest BCUT2D eigenvalue weighted by molar-refractivity contribution is -0.216. The van der Waals surface area contributed by atoms with E-state index in [1.807, 2.05) is 0 Å². The molecule has 4 aromatic rings. The van der Waals surface area contributed by atoms with Crippen LogP contribution in [0.4, 0.5) is 38.0 Å². The molecule has 2 aliphatic rings. The first-order valence-electron chi connectivity index (χ1n) is 12.0. The number of anilines is 2. The Morgan fingerprint density at radius 1 is 1.00 bits per heavy atom. The van der Waals surface area contributed by atoms with E-state index in [2.05, 4.69) is 25.6 Å². The molecule has 6 rings (SSSR count). The fourth-order valence-corrected chi connectivity index (χ4v) is 5.27. The lowest BCUT2D eigenvalue weighted by Gasteiger charge is -2.42. The van der Waals surface area contributed by atoms with Crippen LogP contribution in [0.2, 0.25) is 0 Å². The van der Waals surface area contributed by atoms with Crippen molar-refractivity contribution in [2.24, 2.45) is 7.05 Å². The molecule has 5 heterocycles. The molecule has 4 aromatic heterocycles. The molecule has 1 saturated carbocycles. The van der Waals surface area contributed by atoms with E-state index in [1.54, 1.807) is 23.9 Å². The van der Waals surface area contributed by atoms with Crippen LogP contribution in [0.5, 0.6) is 0 Å². The highest BCUT2D eigenvalue weighted by Crippen LogP contribution is 2.54. The van der Waals surface area contributed by atoms with E-state index in [0.29, 0.717) is 30.9 Å². The third-order valence-electron chi connectivity index (χ3n) is 7.43. The number of nitrogens with one attached hydrogen (secondary N) is 1. The summed E-state index contributed by atoms with van der Waals surface area (Å²) in [6, 6.07) is 4.48. The minimum Gasteiger partial charge on any atom is -0.344 e. The van der Waals surface area contributed by atoms with Crippen molar-refractivity contribution in [1.82, 2.24) is 34.1 Å². The van der Waals surface area contributed by atoms with Gasteiger partial charge in [-0.05, 0) is 31.4 Å². The maximum atomic E-state index is 14.1. The molecule has 14 heteroatoms. The van der Waals surface area contributed by atoms with Crippen LogP contribution in [0, 0.1) is 0 Å². The zero-order valence-electron chi connectivity index (χ0n) is 20.1. The summed E-state index contributed by atoms with van der Waals surface area (Å²) < 4.78 is 88.8. The standard InChI is InChI=1S/C24H22F6N8/c1-36-19(4-7-32-36)33-18-11-15(16(12-31-18)23(25,26)27)14-10-17-20-34-35-21(22(5-2-6-22)24(28,29)30)38(20)9-3-8-37(17)13-14/h4,7,10-13H,2-3,5-6,8-9H2,1H3,(H,31,33). The van der Waals surface area contributed by atoms with Crippen molar-refractivity contribution < 1.29 is 26.3 Å². The third-order valence-corrected chi connectivity index (χ3v) is 7.43. The molecule has 200 valence electrons. The van der Waals surface area contributed by atoms with Gasteiger partial charge in [0.15, 0.2) is 5.82 Å². The Hall–Kier alpha value is -3.84. The van der Waals surface area contributed by atoms with Crippen LogP contribution < -0.4 is 5.32 Å². The Kier molecular flexibility index (Phi) is 5.37. The Labute approximate surface area is 212 Å². The number of hydrogen-bond donors (Lipinski definition) is 1. The van der Waals surface area contributed by atoms with Crippen LogP contribution >= 0.6 is 0 Å². The van der Waals surface area contributed by atoms with Crippen molar-refractivity contribution in [3.05, 3.63) is 48.2 Å². The van der Waals surface area contributed by atoms with Crippen molar-refractivity contribution in [2.45, 2.75) is 56.5 Å². The predicted molar refractivity (Wildman–Crippen MR) is 124 cm³/mol. The fraction of sp³-hybridized carbons (Fsp3) is 0.417. The maximum Gasteiger partial charge on any atom is 0.418 e. The Morgan fingerprint density at radius 2 is 1.79 bits per heavy atom. The molecule has 0 aromatic carbocycles. The van der Waals surface area contributed by atoms with E-state index in [0.717, 1.165) is 6.20 Å². The van der Waals surface area contributed by atoms with Gasteiger partial charge in [-0.3, -0.25) is 4.68 Å². The molecule has 1 N–H and O–H groups in total. The van der Waals surface area contributed by atoms with Gasteiger partial charge in [-0.15, -0.1) is 10.2 Å². The summed E-state index contributed by atoms with van der Waals surface area (Å²) in [7, 11) is 1.68. The van der Waals surface area contributed by atoms with Crippen LogP contribution in [-0.2, 0) is 31.7 Å². The summed E-state index contributed by atoms with van der Waals surface area (Å²) in [6.45, 7) is 0.693. The van der Waals surface area contributed by atoms with Crippen LogP contribution in [0.25, 0.3) is 22.6 Å². The largest absolute Gasteiger partial charge is 0.418 e. The predicted octanol–water partition coefficient (Wildman–Crippen LogP) is 5.69. The van der Waals surface area contributed by atoms with Crippen molar-refractivity contribution in [3.63, 3.8) is 0 Å². The number of nitrogens with zero attached hydrogens (tertiary/aromatic N) is 7. The molecule has 1 aliphatic heterocycles. The molecular formula is C24H22F6N8. The van der Waals surface area contributed by atoms with E-state index < -0.39 is 23.3 Å². The van der Waals surface area contributed by atoms with Gasteiger partial charge in [0, 0.05) is 49.7 Å². The summed E-state index contributed by atoms with van der Waals surface area (Å²) >= 11 is 0. The quantitative estimate of drug-likeness (QED) is 0.339. The highest BCUT2D eigenvalue weighted by atomic mass is 19.4. The van der Waals surface area contributed by atoms with Crippen LogP contribution in [0.3, 0.4) is 0 Å². The maximum absolute atomic E-state index is 14.1. The number of aryl methyl sites for hydroxylation is 2. The van der Waals surface area contributed by atoms with E-state index in [-0.39, 0.29) is 48.0 Å². The Morgan fingerprint density at radius 3 is 2.42 bits per heavy atom. The minimum atomic E-state index is -4.68. The zero-order chi connectivity index (χ0) is 26.9. The molecule has 0 unspecified atom stereocenters. The SMILES string of the molecule is Cn1nccc1Nc1cc(-c2cc3n(c2)CCCn2c-3nnc2C2(C(F)(F)F)CCC2)c(C(F)(F)F)cn1. The number of rotatable bonds is 4. The Balaban J connectivity index is 1.45. The fourth-order valence-electron chi connectivity index (χ4n) is 5.27. The number of pyridine rings is 1. The number of fused-ring (bicyclic) bond motifs is 3. The number of alkyl halides is 6. The van der Waals surface area contributed by atoms with Gasteiger partial charge in [-0.2, -0.15) is 31.4 Å². The highest BCUT2D eigenvalue weighted by molar-refractivity contribution is 5.75. The van der Waals surface area contributed by atoms with Gasteiger partial charge >= 0.3 is 12.4 Å². The molecule has 1 aliphatic carbocycles. The smallest absolute Gasteiger partial charge is 0.344 e. The highest BCUT2D eigenvalue weighted by Gasteiger charge is 2.62. The first-order chi connectivity index (χ1) is 18.0. The summed E-state index contributed by atoms with van der Waals surface area (Å²) in [4.78, 5) is 3.94. The lowest BCUT2D eigenvalue weighted by Crippen LogP contribution is -2.49. The van der Waals surface area contributed by atoms with Gasteiger partial charge in [0.1, 0.15) is 22.9 Å². The molecule has 8 nitrogen and oxygen atoms in total. The Bertz CT molecular complexity index is 1500. The van der Waals surface area contributed by atoms with Crippen molar-refractivity contribution in [3.8, 4) is 22.6 Å². The van der Waals surface area contributed by atoms with Gasteiger partial charge in [0.2, 0.25) is 0 Å². The van der Waals surface area contributed by atoms with E-state index in [1.165, 1.54) is 27.6 Å². The van der Waals surface area contributed by atoms with Gasteiger partial charge in [-0.1, -0.05) is 6.42 Å². The van der Waals surface area contributed by atoms with Gasteiger partial charge in [0.05, 0.1) is 17.5 Å². The molecule has 0 bridgehead atoms. The summed E-state index contributed by atoms with van der Waals surface area (Å²) in [5, 5.41) is 15.1. The zero-order valence-corrected chi connectivity index (χ0v) is 20.1. The monoisotopic (exact) mass is 536 g/mol. The van der Waals surface area contributed by atoms with Crippen LogP contribution in [-0.4, -0.2) is 40.3 Å². The molecule has 1 fully saturated rings. The molecule has 0 amide bonds. The topological polar surface area (TPSA) is 78.4 Å². The van der Waals surface area contributed by atoms with Crippen molar-refractivity contribution in [2.75, 3.05) is 5.32 Å². The second kappa shape index (κ2) is 8.33. The van der Waals surface area contributed by atoms with Crippen LogP contribution in [0.15, 0.2) is 36.8 Å². The average Bonchev–Trinajstić information content (AvgIpc) is 3.49. The molecule has 38 heavy (non-hydrogen) atoms. The lowest BCUT2D eigenvalue weighted by atomic mass is 9.67. The molecule has 0 spiro atoms. The third kappa shape index (κ3) is 3.76. The number of halogens is 6. The minimum absolute atomic E-state index is 0.0563. The molecular weight excluding hydrogens is 514 g/mol. The van der Waals surface area contributed by atoms with Gasteiger partial charge in [0.25, 0.3) is 0 Å². The van der Waals surface area contributed by atoms with Gasteiger partial charge < -0.3 is 14.5 Å². The summed E-state index contributed by atoms with van der Waals surface area (Å²) in [5.41, 5.74) is -2.42. The first-order valence-corrected chi connectivity index (χ1v) is 12.0. The van der Waals surface area contributed by atoms with Crippen LogP contribution in [0.1, 0.15) is 37.1 Å².